The van der Waals surface area contributed by atoms with Crippen LogP contribution in [0, 0.1) is 5.92 Å². The van der Waals surface area contributed by atoms with Crippen LogP contribution in [0.2, 0.25) is 0 Å². The summed E-state index contributed by atoms with van der Waals surface area (Å²) < 4.78 is 0. The van der Waals surface area contributed by atoms with Crippen LogP contribution in [0.15, 0.2) is 0 Å². The van der Waals surface area contributed by atoms with E-state index >= 15 is 0 Å². The summed E-state index contributed by atoms with van der Waals surface area (Å²) in [5.41, 5.74) is 0. The van der Waals surface area contributed by atoms with Crippen molar-refractivity contribution in [3.8, 4) is 0 Å². The van der Waals surface area contributed by atoms with Gasteiger partial charge in [-0.1, -0.05) is 13.8 Å². The molecule has 13 heteroatoms. The van der Waals surface area contributed by atoms with E-state index in [0.29, 0.717) is 13.0 Å². The van der Waals surface area contributed by atoms with Crippen LogP contribution < -0.4 is 21.3 Å². The molecule has 0 spiro atoms. The monoisotopic (exact) mass is 472 g/mol. The van der Waals surface area contributed by atoms with Crippen molar-refractivity contribution in [2.45, 2.75) is 76.5 Å². The van der Waals surface area contributed by atoms with Gasteiger partial charge in [-0.05, 0) is 38.1 Å². The van der Waals surface area contributed by atoms with Crippen LogP contribution in [0.25, 0.3) is 0 Å². The molecule has 1 heterocycles. The van der Waals surface area contributed by atoms with E-state index in [0.717, 1.165) is 6.42 Å². The molecule has 33 heavy (non-hydrogen) atoms. The van der Waals surface area contributed by atoms with Gasteiger partial charge in [-0.25, -0.2) is 4.79 Å². The van der Waals surface area contributed by atoms with E-state index in [1.165, 1.54) is 0 Å². The second-order valence-electron chi connectivity index (χ2n) is 8.33. The van der Waals surface area contributed by atoms with Crippen molar-refractivity contribution in [1.29, 1.82) is 0 Å². The zero-order valence-corrected chi connectivity index (χ0v) is 18.6. The van der Waals surface area contributed by atoms with Crippen molar-refractivity contribution in [3.05, 3.63) is 0 Å². The molecule has 1 saturated heterocycles. The minimum absolute atomic E-state index is 0.0980. The lowest BCUT2D eigenvalue weighted by Crippen LogP contribution is -2.57. The SMILES string of the molecule is CC(C)CC(NC(=O)C(CC(=O)O)NC(=O)C1CCCN1)C(=O)NC(CCC(=O)O)C(=O)O. The predicted molar refractivity (Wildman–Crippen MR) is 113 cm³/mol. The van der Waals surface area contributed by atoms with E-state index in [-0.39, 0.29) is 18.8 Å². The Kier molecular flexibility index (Phi) is 11.3. The van der Waals surface area contributed by atoms with Gasteiger partial charge in [0.05, 0.1) is 12.5 Å². The molecule has 0 radical (unpaired) electrons. The van der Waals surface area contributed by atoms with Crippen LogP contribution in [0.1, 0.15) is 52.4 Å². The molecule has 3 amide bonds. The van der Waals surface area contributed by atoms with Gasteiger partial charge < -0.3 is 36.6 Å². The maximum atomic E-state index is 12.8. The van der Waals surface area contributed by atoms with Gasteiger partial charge in [-0.15, -0.1) is 0 Å². The molecule has 1 fully saturated rings. The number of carbonyl (C=O) groups excluding carboxylic acids is 3. The first-order valence-electron chi connectivity index (χ1n) is 10.7. The largest absolute Gasteiger partial charge is 0.481 e. The smallest absolute Gasteiger partial charge is 0.326 e. The van der Waals surface area contributed by atoms with E-state index in [1.807, 2.05) is 0 Å². The molecule has 1 aliphatic heterocycles. The number of carboxylic acids is 3. The average Bonchev–Trinajstić information content (AvgIpc) is 3.23. The third-order valence-electron chi connectivity index (χ3n) is 4.99. The molecule has 4 atom stereocenters. The van der Waals surface area contributed by atoms with E-state index in [4.69, 9.17) is 10.2 Å². The summed E-state index contributed by atoms with van der Waals surface area (Å²) in [6.07, 6.45) is -0.154. The van der Waals surface area contributed by atoms with Gasteiger partial charge in [-0.2, -0.15) is 0 Å². The molecule has 0 bridgehead atoms. The number of aliphatic carboxylic acids is 3. The minimum Gasteiger partial charge on any atom is -0.481 e. The Bertz CT molecular complexity index is 750. The van der Waals surface area contributed by atoms with Crippen LogP contribution in [-0.2, 0) is 28.8 Å². The summed E-state index contributed by atoms with van der Waals surface area (Å²) >= 11 is 0. The first-order valence-corrected chi connectivity index (χ1v) is 10.7. The number of nitrogens with one attached hydrogen (secondary N) is 4. The van der Waals surface area contributed by atoms with Crippen LogP contribution in [0.3, 0.4) is 0 Å². The first kappa shape index (κ1) is 27.8. The Morgan fingerprint density at radius 2 is 1.48 bits per heavy atom. The van der Waals surface area contributed by atoms with Crippen LogP contribution in [-0.4, -0.2) is 81.7 Å². The first-order chi connectivity index (χ1) is 15.4. The van der Waals surface area contributed by atoms with E-state index in [9.17, 15) is 33.9 Å². The lowest BCUT2D eigenvalue weighted by Gasteiger charge is -2.25. The zero-order chi connectivity index (χ0) is 25.1. The van der Waals surface area contributed by atoms with Crippen LogP contribution in [0.4, 0.5) is 0 Å². The molecular formula is C20H32N4O9. The molecule has 1 rings (SSSR count). The summed E-state index contributed by atoms with van der Waals surface area (Å²) in [5.74, 6) is -6.39. The number of carboxylic acid groups (broad SMARTS) is 3. The van der Waals surface area contributed by atoms with Crippen LogP contribution >= 0.6 is 0 Å². The summed E-state index contributed by atoms with van der Waals surface area (Å²) in [6.45, 7) is 4.14. The van der Waals surface area contributed by atoms with E-state index in [2.05, 4.69) is 21.3 Å². The Balaban J connectivity index is 2.92. The van der Waals surface area contributed by atoms with E-state index < -0.39 is 72.6 Å². The molecule has 0 saturated carbocycles. The second-order valence-corrected chi connectivity index (χ2v) is 8.33. The molecular weight excluding hydrogens is 440 g/mol. The Labute approximate surface area is 190 Å². The third-order valence-corrected chi connectivity index (χ3v) is 4.99. The fourth-order valence-corrected chi connectivity index (χ4v) is 3.34. The van der Waals surface area contributed by atoms with Gasteiger partial charge in [0.1, 0.15) is 18.1 Å². The molecule has 0 aromatic rings. The van der Waals surface area contributed by atoms with Crippen molar-refractivity contribution in [1.82, 2.24) is 21.3 Å². The Hall–Kier alpha value is -3.22. The van der Waals surface area contributed by atoms with Crippen molar-refractivity contribution < 1.29 is 44.1 Å². The maximum absolute atomic E-state index is 12.8. The van der Waals surface area contributed by atoms with Gasteiger partial charge in [0.2, 0.25) is 17.7 Å². The highest BCUT2D eigenvalue weighted by atomic mass is 16.4. The molecule has 13 nitrogen and oxygen atoms in total. The fraction of sp³-hybridized carbons (Fsp3) is 0.700. The Morgan fingerprint density at radius 3 is 1.97 bits per heavy atom. The van der Waals surface area contributed by atoms with Gasteiger partial charge in [-0.3, -0.25) is 24.0 Å². The Morgan fingerprint density at radius 1 is 0.879 bits per heavy atom. The highest BCUT2D eigenvalue weighted by Gasteiger charge is 2.32. The molecule has 0 aliphatic carbocycles. The topological polar surface area (TPSA) is 211 Å². The zero-order valence-electron chi connectivity index (χ0n) is 18.6. The third kappa shape index (κ3) is 10.3. The highest BCUT2D eigenvalue weighted by Crippen LogP contribution is 2.09. The molecule has 1 aliphatic rings. The normalized spacial score (nSPS) is 18.1. The standard InChI is InChI=1S/C20H32N4O9/c1-10(2)8-13(18(30)22-12(20(32)33)5-6-15(25)26)23-19(31)14(9-16(27)28)24-17(29)11-4-3-7-21-11/h10-14,21H,3-9H2,1-2H3,(H,22,30)(H,23,31)(H,24,29)(H,25,26)(H,27,28)(H,32,33). The maximum Gasteiger partial charge on any atom is 0.326 e. The predicted octanol–water partition coefficient (Wildman–Crippen LogP) is -1.34. The highest BCUT2D eigenvalue weighted by molar-refractivity contribution is 5.95. The minimum atomic E-state index is -1.48. The number of rotatable bonds is 14. The van der Waals surface area contributed by atoms with Crippen molar-refractivity contribution >= 4 is 35.6 Å². The van der Waals surface area contributed by atoms with Crippen molar-refractivity contribution in [2.24, 2.45) is 5.92 Å². The lowest BCUT2D eigenvalue weighted by molar-refractivity contribution is -0.144. The summed E-state index contributed by atoms with van der Waals surface area (Å²) in [4.78, 5) is 71.2. The van der Waals surface area contributed by atoms with Crippen LogP contribution in [0.5, 0.6) is 0 Å². The van der Waals surface area contributed by atoms with E-state index in [1.54, 1.807) is 13.8 Å². The quantitative estimate of drug-likeness (QED) is 0.158. The molecule has 4 unspecified atom stereocenters. The fourth-order valence-electron chi connectivity index (χ4n) is 3.34. The van der Waals surface area contributed by atoms with Gasteiger partial charge in [0.15, 0.2) is 0 Å². The number of hydrogen-bond donors (Lipinski definition) is 7. The number of hydrogen-bond acceptors (Lipinski definition) is 7. The average molecular weight is 472 g/mol. The number of carbonyl (C=O) groups is 6. The molecule has 7 N–H and O–H groups in total. The number of amides is 3. The van der Waals surface area contributed by atoms with Crippen molar-refractivity contribution in [3.63, 3.8) is 0 Å². The summed E-state index contributed by atoms with van der Waals surface area (Å²) in [5, 5.41) is 37.1. The molecule has 186 valence electrons. The second kappa shape index (κ2) is 13.4. The molecule has 0 aromatic heterocycles. The lowest BCUT2D eigenvalue weighted by atomic mass is 10.0. The summed E-state index contributed by atoms with van der Waals surface area (Å²) in [6, 6.07) is -4.69. The van der Waals surface area contributed by atoms with Crippen molar-refractivity contribution in [2.75, 3.05) is 6.54 Å². The van der Waals surface area contributed by atoms with Gasteiger partial charge in [0, 0.05) is 6.42 Å². The molecule has 0 aromatic carbocycles. The van der Waals surface area contributed by atoms with Gasteiger partial charge >= 0.3 is 17.9 Å². The summed E-state index contributed by atoms with van der Waals surface area (Å²) in [7, 11) is 0. The van der Waals surface area contributed by atoms with Gasteiger partial charge in [0.25, 0.3) is 0 Å².